The van der Waals surface area contributed by atoms with E-state index in [9.17, 15) is 13.6 Å². The second-order valence-corrected chi connectivity index (χ2v) is 10.5. The second kappa shape index (κ2) is 8.83. The van der Waals surface area contributed by atoms with E-state index in [2.05, 4.69) is 39.8 Å². The topological polar surface area (TPSA) is 37.3 Å². The van der Waals surface area contributed by atoms with E-state index in [-0.39, 0.29) is 16.4 Å². The van der Waals surface area contributed by atoms with Gasteiger partial charge in [-0.3, -0.25) is 0 Å². The summed E-state index contributed by atoms with van der Waals surface area (Å²) in [6, 6.07) is 14.8. The maximum absolute atomic E-state index is 14.5. The molecule has 3 aromatic carbocycles. The molecule has 0 amide bonds. The third kappa shape index (κ3) is 4.82. The monoisotopic (exact) mass is 460 g/mol. The van der Waals surface area contributed by atoms with Gasteiger partial charge in [0.05, 0.1) is 5.56 Å². The molecule has 1 aliphatic rings. The number of carboxylic acids is 1. The lowest BCUT2D eigenvalue weighted by molar-refractivity contribution is 0.0697. The Morgan fingerprint density at radius 3 is 2.06 bits per heavy atom. The van der Waals surface area contributed by atoms with Crippen LogP contribution < -0.4 is 0 Å². The molecule has 1 N–H and O–H groups in total. The molecule has 0 aromatic heterocycles. The van der Waals surface area contributed by atoms with Crippen LogP contribution in [0.2, 0.25) is 0 Å². The lowest BCUT2D eigenvalue weighted by Crippen LogP contribution is -2.34. The first-order valence-electron chi connectivity index (χ1n) is 11.6. The molecule has 0 aliphatic heterocycles. The molecule has 0 heterocycles. The number of rotatable bonds is 5. The fourth-order valence-electron chi connectivity index (χ4n) is 4.78. The third-order valence-electron chi connectivity index (χ3n) is 7.12. The Hall–Kier alpha value is -3.27. The van der Waals surface area contributed by atoms with Gasteiger partial charge in [-0.25, -0.2) is 13.6 Å². The van der Waals surface area contributed by atoms with Gasteiger partial charge in [-0.2, -0.15) is 0 Å². The molecule has 34 heavy (non-hydrogen) atoms. The highest BCUT2D eigenvalue weighted by Gasteiger charge is 2.37. The van der Waals surface area contributed by atoms with Gasteiger partial charge in [-0.05, 0) is 75.3 Å². The summed E-state index contributed by atoms with van der Waals surface area (Å²) in [6.07, 6.45) is 6.46. The van der Waals surface area contributed by atoms with Crippen LogP contribution in [0.4, 0.5) is 8.78 Å². The van der Waals surface area contributed by atoms with E-state index in [1.165, 1.54) is 23.3 Å². The summed E-state index contributed by atoms with van der Waals surface area (Å²) in [7, 11) is 0. The highest BCUT2D eigenvalue weighted by molar-refractivity contribution is 5.88. The summed E-state index contributed by atoms with van der Waals surface area (Å²) < 4.78 is 28.0. The van der Waals surface area contributed by atoms with Crippen molar-refractivity contribution in [2.24, 2.45) is 0 Å². The Balaban J connectivity index is 1.81. The van der Waals surface area contributed by atoms with Crippen LogP contribution in [0.3, 0.4) is 0 Å². The Labute approximate surface area is 200 Å². The fraction of sp³-hybridized carbons (Fsp3) is 0.300. The Kier molecular flexibility index (Phi) is 6.20. The Morgan fingerprint density at radius 1 is 0.853 bits per heavy atom. The summed E-state index contributed by atoms with van der Waals surface area (Å²) in [6.45, 7) is 9.03. The van der Waals surface area contributed by atoms with Gasteiger partial charge in [0, 0.05) is 12.5 Å². The fourth-order valence-corrected chi connectivity index (χ4v) is 4.78. The normalized spacial score (nSPS) is 16.4. The van der Waals surface area contributed by atoms with E-state index >= 15 is 0 Å². The van der Waals surface area contributed by atoms with Crippen molar-refractivity contribution in [2.45, 2.75) is 57.8 Å². The van der Waals surface area contributed by atoms with Crippen molar-refractivity contribution in [3.05, 3.63) is 105 Å². The maximum Gasteiger partial charge on any atom is 0.335 e. The maximum atomic E-state index is 14.5. The number of halogens is 2. The molecular formula is C30H30F2O2. The van der Waals surface area contributed by atoms with Gasteiger partial charge in [0.25, 0.3) is 0 Å². The molecule has 1 aliphatic carbocycles. The van der Waals surface area contributed by atoms with Crippen molar-refractivity contribution in [3.63, 3.8) is 0 Å². The predicted molar refractivity (Wildman–Crippen MR) is 133 cm³/mol. The molecule has 0 unspecified atom stereocenters. The quantitative estimate of drug-likeness (QED) is 0.395. The van der Waals surface area contributed by atoms with E-state index in [0.29, 0.717) is 12.0 Å². The number of hydrogen-bond acceptors (Lipinski definition) is 1. The molecule has 0 bridgehead atoms. The number of carbonyl (C=O) groups is 1. The van der Waals surface area contributed by atoms with Crippen LogP contribution in [0.25, 0.3) is 12.2 Å². The predicted octanol–water partition coefficient (Wildman–Crippen LogP) is 7.77. The molecule has 0 saturated carbocycles. The van der Waals surface area contributed by atoms with E-state index in [4.69, 9.17) is 5.11 Å². The van der Waals surface area contributed by atoms with Crippen molar-refractivity contribution in [2.75, 3.05) is 0 Å². The third-order valence-corrected chi connectivity index (χ3v) is 7.12. The van der Waals surface area contributed by atoms with Crippen LogP contribution in [-0.4, -0.2) is 11.1 Å². The minimum absolute atomic E-state index is 0.00977. The lowest BCUT2D eigenvalue weighted by Gasteiger charge is -2.42. The number of hydrogen-bond donors (Lipinski definition) is 1. The number of fused-ring (bicyclic) bond motifs is 1. The molecule has 2 nitrogen and oxygen atoms in total. The highest BCUT2D eigenvalue weighted by atomic mass is 19.1. The molecule has 0 radical (unpaired) electrons. The largest absolute Gasteiger partial charge is 0.478 e. The van der Waals surface area contributed by atoms with E-state index in [0.717, 1.165) is 35.6 Å². The zero-order valence-electron chi connectivity index (χ0n) is 20.1. The molecule has 4 rings (SSSR count). The van der Waals surface area contributed by atoms with Crippen molar-refractivity contribution in [3.8, 4) is 0 Å². The Morgan fingerprint density at radius 2 is 1.47 bits per heavy atom. The van der Waals surface area contributed by atoms with Crippen LogP contribution in [-0.2, 0) is 17.3 Å². The van der Waals surface area contributed by atoms with Gasteiger partial charge in [-0.1, -0.05) is 70.2 Å². The molecule has 176 valence electrons. The van der Waals surface area contributed by atoms with Gasteiger partial charge in [-0.15, -0.1) is 0 Å². The number of carboxylic acid groups (broad SMARTS) is 1. The van der Waals surface area contributed by atoms with Gasteiger partial charge in [0.15, 0.2) is 0 Å². The van der Waals surface area contributed by atoms with Crippen LogP contribution in [0.1, 0.15) is 84.3 Å². The van der Waals surface area contributed by atoms with Crippen LogP contribution in [0.5, 0.6) is 0 Å². The summed E-state index contributed by atoms with van der Waals surface area (Å²) in [5.41, 5.74) is 6.14. The van der Waals surface area contributed by atoms with Crippen molar-refractivity contribution >= 4 is 18.1 Å². The van der Waals surface area contributed by atoms with Gasteiger partial charge in [0.2, 0.25) is 0 Å². The molecule has 0 spiro atoms. The first-order chi connectivity index (χ1) is 16.0. The first-order valence-corrected chi connectivity index (χ1v) is 11.6. The molecule has 3 aromatic rings. The Bertz CT molecular complexity index is 1270. The van der Waals surface area contributed by atoms with Gasteiger partial charge in [0.1, 0.15) is 11.6 Å². The zero-order chi connectivity index (χ0) is 24.7. The SMILES string of the molecule is CC1(C)CCC(C)(C)c2cc(Cc3ccc(F)cc3F)c(/C=C/c3ccc(C(=O)O)cc3)cc21. The van der Waals surface area contributed by atoms with E-state index in [1.807, 2.05) is 12.2 Å². The highest BCUT2D eigenvalue weighted by Crippen LogP contribution is 2.47. The minimum atomic E-state index is -0.960. The van der Waals surface area contributed by atoms with Crippen LogP contribution in [0.15, 0.2) is 54.6 Å². The molecule has 0 saturated heterocycles. The number of aromatic carboxylic acids is 1. The second-order valence-electron chi connectivity index (χ2n) is 10.5. The van der Waals surface area contributed by atoms with Crippen LogP contribution in [0, 0.1) is 11.6 Å². The standard InChI is InChI=1S/C30H30F2O2/c1-29(2)13-14-30(3,4)26-17-23(15-22-11-12-24(31)18-27(22)32)21(16-25(26)29)10-7-19-5-8-20(9-6-19)28(33)34/h5-12,16-18H,13-15H2,1-4H3,(H,33,34)/b10-7+. The van der Waals surface area contributed by atoms with Crippen molar-refractivity contribution in [1.29, 1.82) is 0 Å². The van der Waals surface area contributed by atoms with Crippen molar-refractivity contribution in [1.82, 2.24) is 0 Å². The minimum Gasteiger partial charge on any atom is -0.478 e. The summed E-state index contributed by atoms with van der Waals surface area (Å²) in [5.74, 6) is -2.09. The van der Waals surface area contributed by atoms with E-state index in [1.54, 1.807) is 24.3 Å². The smallest absolute Gasteiger partial charge is 0.335 e. The molecule has 4 heteroatoms. The average molecular weight is 461 g/mol. The van der Waals surface area contributed by atoms with E-state index < -0.39 is 17.6 Å². The summed E-state index contributed by atoms with van der Waals surface area (Å²) in [4.78, 5) is 11.1. The van der Waals surface area contributed by atoms with Gasteiger partial charge < -0.3 is 5.11 Å². The average Bonchev–Trinajstić information content (AvgIpc) is 2.78. The number of benzene rings is 3. The zero-order valence-corrected chi connectivity index (χ0v) is 20.1. The lowest BCUT2D eigenvalue weighted by atomic mass is 9.62. The summed E-state index contributed by atoms with van der Waals surface area (Å²) >= 11 is 0. The van der Waals surface area contributed by atoms with Crippen molar-refractivity contribution < 1.29 is 18.7 Å². The molecule has 0 fully saturated rings. The summed E-state index contributed by atoms with van der Waals surface area (Å²) in [5, 5.41) is 9.13. The first kappa shape index (κ1) is 23.9. The van der Waals surface area contributed by atoms with Gasteiger partial charge >= 0.3 is 5.97 Å². The molecule has 0 atom stereocenters. The molecular weight excluding hydrogens is 430 g/mol. The van der Waals surface area contributed by atoms with Crippen LogP contribution >= 0.6 is 0 Å².